The van der Waals surface area contributed by atoms with E-state index in [4.69, 9.17) is 18.0 Å². The number of carbonyl (C=O) groups is 1. The van der Waals surface area contributed by atoms with Gasteiger partial charge in [0.2, 0.25) is 0 Å². The Balaban J connectivity index is 2.05. The number of hydrogen-bond acceptors (Lipinski definition) is 2. The Kier molecular flexibility index (Phi) is 5.09. The molecule has 0 saturated heterocycles. The summed E-state index contributed by atoms with van der Waals surface area (Å²) < 4.78 is 0.989. The van der Waals surface area contributed by atoms with Gasteiger partial charge >= 0.3 is 0 Å². The highest BCUT2D eigenvalue weighted by atomic mass is 79.9. The summed E-state index contributed by atoms with van der Waals surface area (Å²) in [6.07, 6.45) is 0. The Hall–Kier alpha value is -1.72. The molecule has 0 aromatic heterocycles. The molecule has 0 bridgehead atoms. The third-order valence-electron chi connectivity index (χ3n) is 3.08. The molecule has 0 aliphatic carbocycles. The molecule has 108 valence electrons. The largest absolute Gasteiger partial charge is 0.389 e. The SMILES string of the molecule is Cc1cc(C(=O)NCc2cccc(C(N)=S)c2)ccc1Br. The van der Waals surface area contributed by atoms with Crippen LogP contribution in [0.1, 0.15) is 27.0 Å². The van der Waals surface area contributed by atoms with Crippen molar-refractivity contribution in [1.82, 2.24) is 5.32 Å². The molecule has 3 nitrogen and oxygen atoms in total. The molecule has 3 N–H and O–H groups in total. The molecule has 0 aliphatic rings. The van der Waals surface area contributed by atoms with Gasteiger partial charge in [0.25, 0.3) is 5.91 Å². The highest BCUT2D eigenvalue weighted by molar-refractivity contribution is 9.10. The van der Waals surface area contributed by atoms with E-state index in [-0.39, 0.29) is 5.91 Å². The van der Waals surface area contributed by atoms with Crippen molar-refractivity contribution >= 4 is 39.0 Å². The predicted octanol–water partition coefficient (Wildman–Crippen LogP) is 3.32. The second-order valence-electron chi connectivity index (χ2n) is 4.71. The van der Waals surface area contributed by atoms with Crippen molar-refractivity contribution in [3.8, 4) is 0 Å². The fourth-order valence-electron chi connectivity index (χ4n) is 1.90. The molecule has 0 fully saturated rings. The van der Waals surface area contributed by atoms with E-state index in [9.17, 15) is 4.79 Å². The van der Waals surface area contributed by atoms with Crippen LogP contribution in [0.25, 0.3) is 0 Å². The van der Waals surface area contributed by atoms with Crippen LogP contribution >= 0.6 is 28.1 Å². The van der Waals surface area contributed by atoms with E-state index in [2.05, 4.69) is 21.2 Å². The number of nitrogens with two attached hydrogens (primary N) is 1. The number of hydrogen-bond donors (Lipinski definition) is 2. The number of nitrogens with one attached hydrogen (secondary N) is 1. The van der Waals surface area contributed by atoms with Crippen molar-refractivity contribution in [1.29, 1.82) is 0 Å². The van der Waals surface area contributed by atoms with Crippen molar-refractivity contribution in [3.63, 3.8) is 0 Å². The summed E-state index contributed by atoms with van der Waals surface area (Å²) in [5.74, 6) is -0.105. The second-order valence-corrected chi connectivity index (χ2v) is 6.01. The first-order chi connectivity index (χ1) is 9.97. The smallest absolute Gasteiger partial charge is 0.251 e. The average Bonchev–Trinajstić information content (AvgIpc) is 2.48. The zero-order valence-electron chi connectivity index (χ0n) is 11.5. The van der Waals surface area contributed by atoms with Crippen LogP contribution in [0.15, 0.2) is 46.9 Å². The summed E-state index contributed by atoms with van der Waals surface area (Å²) in [6, 6.07) is 13.1. The standard InChI is InChI=1S/C16H15BrN2OS/c1-10-7-13(5-6-14(10)17)16(20)19-9-11-3-2-4-12(8-11)15(18)21/h2-8H,9H2,1H3,(H2,18,21)(H,19,20). The third-order valence-corrected chi connectivity index (χ3v) is 4.21. The Bertz CT molecular complexity index is 700. The molecule has 2 aromatic carbocycles. The van der Waals surface area contributed by atoms with Gasteiger partial charge in [-0.05, 0) is 42.3 Å². The van der Waals surface area contributed by atoms with E-state index in [0.29, 0.717) is 17.1 Å². The van der Waals surface area contributed by atoms with Gasteiger partial charge in [0.1, 0.15) is 4.99 Å². The van der Waals surface area contributed by atoms with E-state index >= 15 is 0 Å². The van der Waals surface area contributed by atoms with Crippen molar-refractivity contribution < 1.29 is 4.79 Å². The molecule has 0 radical (unpaired) electrons. The van der Waals surface area contributed by atoms with Crippen LogP contribution in [0.2, 0.25) is 0 Å². The van der Waals surface area contributed by atoms with Crippen molar-refractivity contribution in [2.75, 3.05) is 0 Å². The van der Waals surface area contributed by atoms with Crippen LogP contribution in [-0.2, 0) is 6.54 Å². The van der Waals surface area contributed by atoms with Gasteiger partial charge in [-0.1, -0.05) is 46.3 Å². The van der Waals surface area contributed by atoms with Crippen LogP contribution in [-0.4, -0.2) is 10.9 Å². The fraction of sp³-hybridized carbons (Fsp3) is 0.125. The normalized spacial score (nSPS) is 10.2. The molecule has 21 heavy (non-hydrogen) atoms. The summed E-state index contributed by atoms with van der Waals surface area (Å²) in [6.45, 7) is 2.39. The van der Waals surface area contributed by atoms with Crippen molar-refractivity contribution in [2.24, 2.45) is 5.73 Å². The second kappa shape index (κ2) is 6.83. The van der Waals surface area contributed by atoms with Crippen LogP contribution in [0.5, 0.6) is 0 Å². The molecular formula is C16H15BrN2OS. The number of rotatable bonds is 4. The van der Waals surface area contributed by atoms with Crippen LogP contribution in [0.4, 0.5) is 0 Å². The Morgan fingerprint density at radius 3 is 2.67 bits per heavy atom. The molecule has 1 amide bonds. The number of aryl methyl sites for hydroxylation is 1. The van der Waals surface area contributed by atoms with E-state index in [1.807, 2.05) is 43.3 Å². The quantitative estimate of drug-likeness (QED) is 0.820. The van der Waals surface area contributed by atoms with E-state index in [0.717, 1.165) is 21.2 Å². The molecule has 2 rings (SSSR count). The summed E-state index contributed by atoms with van der Waals surface area (Å²) in [4.78, 5) is 12.5. The van der Waals surface area contributed by atoms with Gasteiger partial charge in [-0.25, -0.2) is 0 Å². The zero-order chi connectivity index (χ0) is 15.4. The van der Waals surface area contributed by atoms with Gasteiger partial charge in [-0.3, -0.25) is 4.79 Å². The van der Waals surface area contributed by atoms with E-state index in [1.54, 1.807) is 6.07 Å². The number of carbonyl (C=O) groups excluding carboxylic acids is 1. The predicted molar refractivity (Wildman–Crippen MR) is 92.4 cm³/mol. The number of amides is 1. The number of halogens is 1. The maximum absolute atomic E-state index is 12.1. The molecule has 0 aliphatic heterocycles. The van der Waals surface area contributed by atoms with E-state index in [1.165, 1.54) is 0 Å². The minimum atomic E-state index is -0.105. The maximum atomic E-state index is 12.1. The Morgan fingerprint density at radius 2 is 2.00 bits per heavy atom. The van der Waals surface area contributed by atoms with Gasteiger partial charge in [0, 0.05) is 22.1 Å². The van der Waals surface area contributed by atoms with Gasteiger partial charge in [-0.15, -0.1) is 0 Å². The Morgan fingerprint density at radius 1 is 1.24 bits per heavy atom. The highest BCUT2D eigenvalue weighted by Gasteiger charge is 2.07. The molecular weight excluding hydrogens is 348 g/mol. The van der Waals surface area contributed by atoms with Gasteiger partial charge in [-0.2, -0.15) is 0 Å². The first-order valence-corrected chi connectivity index (χ1v) is 7.60. The summed E-state index contributed by atoms with van der Waals surface area (Å²) in [7, 11) is 0. The van der Waals surface area contributed by atoms with E-state index < -0.39 is 0 Å². The molecule has 0 unspecified atom stereocenters. The maximum Gasteiger partial charge on any atom is 0.251 e. The van der Waals surface area contributed by atoms with Gasteiger partial charge in [0.05, 0.1) is 0 Å². The summed E-state index contributed by atoms with van der Waals surface area (Å²) in [5, 5.41) is 2.89. The lowest BCUT2D eigenvalue weighted by Gasteiger charge is -2.08. The van der Waals surface area contributed by atoms with Gasteiger partial charge < -0.3 is 11.1 Å². The highest BCUT2D eigenvalue weighted by Crippen LogP contribution is 2.17. The lowest BCUT2D eigenvalue weighted by atomic mass is 10.1. The fourth-order valence-corrected chi connectivity index (χ4v) is 2.28. The Labute approximate surface area is 137 Å². The first-order valence-electron chi connectivity index (χ1n) is 6.40. The topological polar surface area (TPSA) is 55.1 Å². The zero-order valence-corrected chi connectivity index (χ0v) is 13.9. The van der Waals surface area contributed by atoms with Crippen molar-refractivity contribution in [2.45, 2.75) is 13.5 Å². The van der Waals surface area contributed by atoms with Crippen LogP contribution in [0.3, 0.4) is 0 Å². The van der Waals surface area contributed by atoms with Crippen LogP contribution < -0.4 is 11.1 Å². The van der Waals surface area contributed by atoms with Gasteiger partial charge in [0.15, 0.2) is 0 Å². The summed E-state index contributed by atoms with van der Waals surface area (Å²) in [5.41, 5.74) is 9.03. The van der Waals surface area contributed by atoms with Crippen LogP contribution in [0, 0.1) is 6.92 Å². The minimum absolute atomic E-state index is 0.105. The summed E-state index contributed by atoms with van der Waals surface area (Å²) >= 11 is 8.37. The molecule has 0 atom stereocenters. The lowest BCUT2D eigenvalue weighted by Crippen LogP contribution is -2.23. The molecule has 5 heteroatoms. The monoisotopic (exact) mass is 362 g/mol. The van der Waals surface area contributed by atoms with Crippen molar-refractivity contribution in [3.05, 3.63) is 69.2 Å². The minimum Gasteiger partial charge on any atom is -0.389 e. The number of thiocarbonyl (C=S) groups is 1. The molecule has 0 saturated carbocycles. The molecule has 2 aromatic rings. The first kappa shape index (κ1) is 15.7. The molecule has 0 spiro atoms. The third kappa shape index (κ3) is 4.12. The molecule has 0 heterocycles. The average molecular weight is 363 g/mol. The lowest BCUT2D eigenvalue weighted by molar-refractivity contribution is 0.0951. The number of benzene rings is 2.